The summed E-state index contributed by atoms with van der Waals surface area (Å²) in [4.78, 5) is 13.3. The molecule has 0 aromatic heterocycles. The average molecular weight is 172 g/mol. The second-order valence-corrected chi connectivity index (χ2v) is 3.57. The van der Waals surface area contributed by atoms with E-state index in [1.807, 2.05) is 13.8 Å². The lowest BCUT2D eigenvalue weighted by Crippen LogP contribution is -2.61. The standard InChI is InChI=1S/C8H16N2O2/c1-8(2)7(12)10(5-6-11)4-3-9-8/h9,11H,3-6H2,1-2H3. The van der Waals surface area contributed by atoms with Crippen molar-refractivity contribution in [3.63, 3.8) is 0 Å². The molecule has 0 aromatic rings. The van der Waals surface area contributed by atoms with Crippen molar-refractivity contribution >= 4 is 5.91 Å². The molecule has 0 unspecified atom stereocenters. The molecule has 2 N–H and O–H groups in total. The van der Waals surface area contributed by atoms with Gasteiger partial charge in [-0.15, -0.1) is 0 Å². The van der Waals surface area contributed by atoms with Gasteiger partial charge in [-0.05, 0) is 13.8 Å². The maximum atomic E-state index is 11.6. The SMILES string of the molecule is CC1(C)NCCN(CCO)C1=O. The second kappa shape index (κ2) is 3.41. The van der Waals surface area contributed by atoms with Crippen molar-refractivity contribution < 1.29 is 9.90 Å². The third-order valence-corrected chi connectivity index (χ3v) is 2.14. The minimum Gasteiger partial charge on any atom is -0.395 e. The maximum absolute atomic E-state index is 11.6. The number of aliphatic hydroxyl groups excluding tert-OH is 1. The summed E-state index contributed by atoms with van der Waals surface area (Å²) in [5.41, 5.74) is -0.465. The Morgan fingerprint density at radius 3 is 2.92 bits per heavy atom. The average Bonchev–Trinajstić information content (AvgIpc) is 1.99. The number of hydrogen-bond donors (Lipinski definition) is 2. The molecule has 1 amide bonds. The third-order valence-electron chi connectivity index (χ3n) is 2.14. The van der Waals surface area contributed by atoms with Gasteiger partial charge in [0.2, 0.25) is 5.91 Å². The number of rotatable bonds is 2. The number of β-amino-alcohol motifs (C(OH)–C–C–N with tert-alkyl or cyclic N) is 1. The van der Waals surface area contributed by atoms with E-state index < -0.39 is 5.54 Å². The van der Waals surface area contributed by atoms with Crippen molar-refractivity contribution in [1.82, 2.24) is 10.2 Å². The summed E-state index contributed by atoms with van der Waals surface area (Å²) in [6, 6.07) is 0. The normalized spacial score (nSPS) is 22.9. The van der Waals surface area contributed by atoms with E-state index in [1.165, 1.54) is 0 Å². The fourth-order valence-electron chi connectivity index (χ4n) is 1.41. The summed E-state index contributed by atoms with van der Waals surface area (Å²) in [5.74, 6) is 0.0720. The van der Waals surface area contributed by atoms with Crippen LogP contribution < -0.4 is 5.32 Å². The van der Waals surface area contributed by atoms with E-state index in [4.69, 9.17) is 5.11 Å². The first kappa shape index (κ1) is 9.48. The smallest absolute Gasteiger partial charge is 0.242 e. The van der Waals surface area contributed by atoms with Crippen LogP contribution in [-0.2, 0) is 4.79 Å². The minimum absolute atomic E-state index is 0.0435. The van der Waals surface area contributed by atoms with Crippen molar-refractivity contribution in [2.24, 2.45) is 0 Å². The molecule has 0 saturated carbocycles. The number of piperazine rings is 1. The van der Waals surface area contributed by atoms with Gasteiger partial charge in [0.25, 0.3) is 0 Å². The molecule has 1 rings (SSSR count). The predicted octanol–water partition coefficient (Wildman–Crippen LogP) is -0.811. The van der Waals surface area contributed by atoms with Crippen LogP contribution in [0.2, 0.25) is 0 Å². The fraction of sp³-hybridized carbons (Fsp3) is 0.875. The Labute approximate surface area is 72.6 Å². The van der Waals surface area contributed by atoms with Crippen LogP contribution in [0.4, 0.5) is 0 Å². The predicted molar refractivity (Wildman–Crippen MR) is 45.7 cm³/mol. The van der Waals surface area contributed by atoms with E-state index in [2.05, 4.69) is 5.32 Å². The monoisotopic (exact) mass is 172 g/mol. The van der Waals surface area contributed by atoms with Gasteiger partial charge in [0, 0.05) is 19.6 Å². The molecular weight excluding hydrogens is 156 g/mol. The zero-order valence-electron chi connectivity index (χ0n) is 7.63. The number of amides is 1. The first-order valence-corrected chi connectivity index (χ1v) is 4.23. The van der Waals surface area contributed by atoms with Crippen LogP contribution in [0.1, 0.15) is 13.8 Å². The first-order valence-electron chi connectivity index (χ1n) is 4.23. The van der Waals surface area contributed by atoms with Crippen LogP contribution in [0, 0.1) is 0 Å². The molecule has 0 bridgehead atoms. The van der Waals surface area contributed by atoms with Crippen LogP contribution in [0.15, 0.2) is 0 Å². The van der Waals surface area contributed by atoms with E-state index >= 15 is 0 Å². The van der Waals surface area contributed by atoms with E-state index in [0.29, 0.717) is 13.1 Å². The Morgan fingerprint density at radius 2 is 2.33 bits per heavy atom. The summed E-state index contributed by atoms with van der Waals surface area (Å²) < 4.78 is 0. The lowest BCUT2D eigenvalue weighted by molar-refractivity contribution is -0.140. The lowest BCUT2D eigenvalue weighted by atomic mass is 10.0. The Hall–Kier alpha value is -0.610. The highest BCUT2D eigenvalue weighted by atomic mass is 16.3. The summed E-state index contributed by atoms with van der Waals surface area (Å²) in [6.45, 7) is 5.71. The highest BCUT2D eigenvalue weighted by molar-refractivity contribution is 5.86. The lowest BCUT2D eigenvalue weighted by Gasteiger charge is -2.37. The molecule has 1 heterocycles. The van der Waals surface area contributed by atoms with Crippen LogP contribution in [0.3, 0.4) is 0 Å². The van der Waals surface area contributed by atoms with Gasteiger partial charge in [0.1, 0.15) is 0 Å². The summed E-state index contributed by atoms with van der Waals surface area (Å²) >= 11 is 0. The van der Waals surface area contributed by atoms with Gasteiger partial charge in [0.05, 0.1) is 12.1 Å². The van der Waals surface area contributed by atoms with E-state index in [-0.39, 0.29) is 12.5 Å². The Bertz CT molecular complexity index is 178. The van der Waals surface area contributed by atoms with E-state index in [0.717, 1.165) is 6.54 Å². The number of nitrogens with zero attached hydrogens (tertiary/aromatic N) is 1. The van der Waals surface area contributed by atoms with Gasteiger partial charge in [-0.2, -0.15) is 0 Å². The molecule has 0 radical (unpaired) electrons. The molecule has 1 aliphatic heterocycles. The molecule has 1 fully saturated rings. The van der Waals surface area contributed by atoms with Crippen LogP contribution >= 0.6 is 0 Å². The van der Waals surface area contributed by atoms with Gasteiger partial charge in [-0.1, -0.05) is 0 Å². The number of aliphatic hydroxyl groups is 1. The molecule has 4 nitrogen and oxygen atoms in total. The highest BCUT2D eigenvalue weighted by Gasteiger charge is 2.34. The van der Waals surface area contributed by atoms with Crippen molar-refractivity contribution in [2.45, 2.75) is 19.4 Å². The van der Waals surface area contributed by atoms with Crippen LogP contribution in [0.25, 0.3) is 0 Å². The molecule has 4 heteroatoms. The van der Waals surface area contributed by atoms with E-state index in [1.54, 1.807) is 4.90 Å². The summed E-state index contributed by atoms with van der Waals surface area (Å²) in [6.07, 6.45) is 0. The summed E-state index contributed by atoms with van der Waals surface area (Å²) in [5, 5.41) is 11.8. The van der Waals surface area contributed by atoms with Crippen molar-refractivity contribution in [3.05, 3.63) is 0 Å². The quantitative estimate of drug-likeness (QED) is 0.573. The van der Waals surface area contributed by atoms with Gasteiger partial charge in [-0.25, -0.2) is 0 Å². The fourth-order valence-corrected chi connectivity index (χ4v) is 1.41. The molecule has 0 aliphatic carbocycles. The molecule has 1 aliphatic rings. The molecular formula is C8H16N2O2. The largest absolute Gasteiger partial charge is 0.395 e. The van der Waals surface area contributed by atoms with Crippen LogP contribution in [0.5, 0.6) is 0 Å². The zero-order chi connectivity index (χ0) is 9.19. The molecule has 0 aromatic carbocycles. The first-order chi connectivity index (χ1) is 5.58. The Morgan fingerprint density at radius 1 is 1.67 bits per heavy atom. The second-order valence-electron chi connectivity index (χ2n) is 3.57. The third kappa shape index (κ3) is 1.76. The zero-order valence-corrected chi connectivity index (χ0v) is 7.63. The Kier molecular flexibility index (Phi) is 2.69. The maximum Gasteiger partial charge on any atom is 0.242 e. The molecule has 0 spiro atoms. The van der Waals surface area contributed by atoms with Crippen LogP contribution in [-0.4, -0.2) is 47.7 Å². The molecule has 12 heavy (non-hydrogen) atoms. The number of hydrogen-bond acceptors (Lipinski definition) is 3. The number of carbonyl (C=O) groups excluding carboxylic acids is 1. The van der Waals surface area contributed by atoms with Crippen molar-refractivity contribution in [2.75, 3.05) is 26.2 Å². The number of nitrogens with one attached hydrogen (secondary N) is 1. The molecule has 0 atom stereocenters. The highest BCUT2D eigenvalue weighted by Crippen LogP contribution is 2.11. The van der Waals surface area contributed by atoms with Gasteiger partial charge in [-0.3, -0.25) is 4.79 Å². The molecule has 1 saturated heterocycles. The summed E-state index contributed by atoms with van der Waals surface area (Å²) in [7, 11) is 0. The van der Waals surface area contributed by atoms with E-state index in [9.17, 15) is 4.79 Å². The Balaban J connectivity index is 2.60. The van der Waals surface area contributed by atoms with Crippen molar-refractivity contribution in [1.29, 1.82) is 0 Å². The van der Waals surface area contributed by atoms with Crippen molar-refractivity contribution in [3.8, 4) is 0 Å². The van der Waals surface area contributed by atoms with Gasteiger partial charge >= 0.3 is 0 Å². The van der Waals surface area contributed by atoms with Gasteiger partial charge < -0.3 is 15.3 Å². The topological polar surface area (TPSA) is 52.6 Å². The minimum atomic E-state index is -0.465. The molecule has 70 valence electrons. The van der Waals surface area contributed by atoms with Gasteiger partial charge in [0.15, 0.2) is 0 Å². The number of carbonyl (C=O) groups is 1.